The first-order valence-corrected chi connectivity index (χ1v) is 21.8. The molecule has 59 heavy (non-hydrogen) atoms. The van der Waals surface area contributed by atoms with Crippen LogP contribution in [-0.2, 0) is 31.5 Å². The maximum absolute atomic E-state index is 6.41. The molecule has 2 fully saturated rings. The van der Waals surface area contributed by atoms with Gasteiger partial charge in [0.15, 0.2) is 0 Å². The molecule has 0 bridgehead atoms. The molecule has 5 aromatic carbocycles. The van der Waals surface area contributed by atoms with Crippen LogP contribution in [0.25, 0.3) is 0 Å². The van der Waals surface area contributed by atoms with Crippen LogP contribution in [0.1, 0.15) is 112 Å². The maximum Gasteiger partial charge on any atom is 0.494 e. The third kappa shape index (κ3) is 8.93. The van der Waals surface area contributed by atoms with Crippen LogP contribution in [-0.4, -0.2) is 36.6 Å². The summed E-state index contributed by atoms with van der Waals surface area (Å²) in [7, 11) is -0.835. The van der Waals surface area contributed by atoms with E-state index in [-0.39, 0.29) is 0 Å². The van der Waals surface area contributed by atoms with Crippen molar-refractivity contribution in [1.82, 2.24) is 0 Å². The van der Waals surface area contributed by atoms with Gasteiger partial charge < -0.3 is 28.4 Å². The van der Waals surface area contributed by atoms with Gasteiger partial charge in [0, 0.05) is 34.1 Å². The molecule has 6 nitrogen and oxygen atoms in total. The molecule has 0 N–H and O–H groups in total. The summed E-state index contributed by atoms with van der Waals surface area (Å²) in [4.78, 5) is 4.71. The highest BCUT2D eigenvalue weighted by Gasteiger charge is 2.52. The lowest BCUT2D eigenvalue weighted by Gasteiger charge is -2.32. The minimum absolute atomic E-state index is 0.401. The second-order valence-corrected chi connectivity index (χ2v) is 18.5. The smallest absolute Gasteiger partial charge is 0.399 e. The van der Waals surface area contributed by atoms with Crippen LogP contribution in [0, 0.1) is 6.92 Å². The first-order valence-electron chi connectivity index (χ1n) is 21.8. The highest BCUT2D eigenvalue weighted by molar-refractivity contribution is 6.62. The van der Waals surface area contributed by atoms with Gasteiger partial charge in [-0.1, -0.05) is 75.2 Å². The second-order valence-electron chi connectivity index (χ2n) is 18.5. The molecule has 7 rings (SSSR count). The van der Waals surface area contributed by atoms with Gasteiger partial charge in [0.05, 0.1) is 22.4 Å². The Morgan fingerprint density at radius 3 is 1.08 bits per heavy atom. The van der Waals surface area contributed by atoms with Gasteiger partial charge in [0.25, 0.3) is 0 Å². The monoisotopic (exact) mass is 791 g/mol. The summed E-state index contributed by atoms with van der Waals surface area (Å²) in [6.07, 6.45) is 6.89. The minimum Gasteiger partial charge on any atom is -0.399 e. The normalized spacial score (nSPS) is 17.7. The van der Waals surface area contributed by atoms with Gasteiger partial charge in [-0.3, -0.25) is 0 Å². The minimum atomic E-state index is -0.418. The SMILES string of the molecule is CCCCc1ccc(N(c2ccc(B3OC(C)(C)C(C)(C)O3)cc2)c2ccc(N(c3ccc(CCCC)cc3)c3ccc(B4OC(C)(C)C(C)(C)O4)cc3)c(C)c2)cc1. The summed E-state index contributed by atoms with van der Waals surface area (Å²) in [5.74, 6) is 0. The van der Waals surface area contributed by atoms with Crippen molar-refractivity contribution in [3.8, 4) is 0 Å². The topological polar surface area (TPSA) is 43.4 Å². The fourth-order valence-corrected chi connectivity index (χ4v) is 7.81. The Kier molecular flexibility index (Phi) is 12.3. The van der Waals surface area contributed by atoms with Gasteiger partial charge in [-0.15, -0.1) is 0 Å². The van der Waals surface area contributed by atoms with Crippen molar-refractivity contribution in [2.45, 2.75) is 137 Å². The standard InChI is InChI=1S/C51H64B2N2O4/c1-12-14-16-38-18-26-42(27-19-38)54(43-30-22-40(23-31-43)52-56-48(4,5)49(6,7)57-52)46-34-35-47(37(3)36-46)55(44-28-20-39(21-29-44)17-15-13-2)45-32-24-41(25-33-45)53-58-50(8,9)51(10,11)59-53/h18-36H,12-17H2,1-11H3. The quantitative estimate of drug-likeness (QED) is 0.104. The zero-order valence-corrected chi connectivity index (χ0v) is 37.4. The van der Waals surface area contributed by atoms with E-state index in [1.54, 1.807) is 0 Å². The number of rotatable bonds is 14. The van der Waals surface area contributed by atoms with E-state index in [2.05, 4.69) is 201 Å². The summed E-state index contributed by atoms with van der Waals surface area (Å²) in [6, 6.07) is 42.3. The van der Waals surface area contributed by atoms with E-state index >= 15 is 0 Å². The number of anilines is 6. The first-order chi connectivity index (χ1) is 28.0. The molecule has 2 aliphatic rings. The average Bonchev–Trinajstić information content (AvgIpc) is 3.57. The van der Waals surface area contributed by atoms with Crippen molar-refractivity contribution in [3.63, 3.8) is 0 Å². The third-order valence-corrected chi connectivity index (χ3v) is 13.1. The summed E-state index contributed by atoms with van der Waals surface area (Å²) in [5, 5.41) is 0. The van der Waals surface area contributed by atoms with Crippen LogP contribution in [0.15, 0.2) is 115 Å². The molecule has 308 valence electrons. The Hall–Kier alpha value is -4.33. The Morgan fingerprint density at radius 1 is 0.424 bits per heavy atom. The summed E-state index contributed by atoms with van der Waals surface area (Å²) >= 11 is 0. The molecule has 0 spiro atoms. The number of aryl methyl sites for hydroxylation is 3. The molecule has 2 heterocycles. The molecule has 0 unspecified atom stereocenters. The fourth-order valence-electron chi connectivity index (χ4n) is 7.81. The highest BCUT2D eigenvalue weighted by Crippen LogP contribution is 2.42. The van der Waals surface area contributed by atoms with Gasteiger partial charge in [-0.2, -0.15) is 0 Å². The lowest BCUT2D eigenvalue weighted by atomic mass is 9.79. The number of unbranched alkanes of at least 4 members (excludes halogenated alkanes) is 2. The lowest BCUT2D eigenvalue weighted by molar-refractivity contribution is 0.00578. The first kappa shape index (κ1) is 42.8. The Labute approximate surface area is 355 Å². The van der Waals surface area contributed by atoms with Crippen molar-refractivity contribution in [2.24, 2.45) is 0 Å². The van der Waals surface area contributed by atoms with Crippen molar-refractivity contribution < 1.29 is 18.6 Å². The van der Waals surface area contributed by atoms with Crippen LogP contribution in [0.5, 0.6) is 0 Å². The maximum atomic E-state index is 6.41. The molecule has 2 aliphatic heterocycles. The van der Waals surface area contributed by atoms with Gasteiger partial charge in [-0.05, 0) is 182 Å². The van der Waals surface area contributed by atoms with Gasteiger partial charge in [0.1, 0.15) is 0 Å². The third-order valence-electron chi connectivity index (χ3n) is 13.1. The van der Waals surface area contributed by atoms with Crippen LogP contribution < -0.4 is 20.7 Å². The van der Waals surface area contributed by atoms with Crippen LogP contribution in [0.4, 0.5) is 34.1 Å². The lowest BCUT2D eigenvalue weighted by Crippen LogP contribution is -2.41. The summed E-state index contributed by atoms with van der Waals surface area (Å²) < 4.78 is 25.6. The molecule has 5 aromatic rings. The molecule has 0 atom stereocenters. The van der Waals surface area contributed by atoms with Gasteiger partial charge in [0.2, 0.25) is 0 Å². The molecule has 0 aromatic heterocycles. The Morgan fingerprint density at radius 2 is 0.746 bits per heavy atom. The van der Waals surface area contributed by atoms with Crippen LogP contribution in [0.2, 0.25) is 0 Å². The second kappa shape index (κ2) is 17.0. The molecule has 0 radical (unpaired) electrons. The average molecular weight is 791 g/mol. The van der Waals surface area contributed by atoms with Crippen LogP contribution >= 0.6 is 0 Å². The molecular formula is C51H64B2N2O4. The van der Waals surface area contributed by atoms with E-state index < -0.39 is 36.6 Å². The van der Waals surface area contributed by atoms with E-state index in [1.807, 2.05) is 0 Å². The Bertz CT molecular complexity index is 2150. The van der Waals surface area contributed by atoms with E-state index in [4.69, 9.17) is 18.6 Å². The fraction of sp³-hybridized carbons (Fsp3) is 0.412. The molecule has 0 amide bonds. The van der Waals surface area contributed by atoms with Crippen molar-refractivity contribution >= 4 is 59.3 Å². The summed E-state index contributed by atoms with van der Waals surface area (Å²) in [6.45, 7) is 23.5. The largest absolute Gasteiger partial charge is 0.494 e. The zero-order valence-electron chi connectivity index (χ0n) is 37.4. The number of hydrogen-bond acceptors (Lipinski definition) is 6. The molecule has 0 saturated carbocycles. The van der Waals surface area contributed by atoms with Crippen molar-refractivity contribution in [3.05, 3.63) is 132 Å². The van der Waals surface area contributed by atoms with Crippen molar-refractivity contribution in [2.75, 3.05) is 9.80 Å². The van der Waals surface area contributed by atoms with Gasteiger partial charge in [-0.25, -0.2) is 0 Å². The molecule has 0 aliphatic carbocycles. The molecule has 8 heteroatoms. The number of nitrogens with zero attached hydrogens (tertiary/aromatic N) is 2. The van der Waals surface area contributed by atoms with Gasteiger partial charge >= 0.3 is 14.2 Å². The number of benzene rings is 5. The highest BCUT2D eigenvalue weighted by atomic mass is 16.7. The van der Waals surface area contributed by atoms with Crippen LogP contribution in [0.3, 0.4) is 0 Å². The van der Waals surface area contributed by atoms with E-state index in [9.17, 15) is 0 Å². The zero-order chi connectivity index (χ0) is 42.2. The predicted molar refractivity (Wildman–Crippen MR) is 249 cm³/mol. The predicted octanol–water partition coefficient (Wildman–Crippen LogP) is 12.2. The Balaban J connectivity index is 1.25. The molecule has 2 saturated heterocycles. The number of hydrogen-bond donors (Lipinski definition) is 0. The van der Waals surface area contributed by atoms with Crippen molar-refractivity contribution in [1.29, 1.82) is 0 Å². The summed E-state index contributed by atoms with van der Waals surface area (Å²) in [5.41, 5.74) is 10.9. The van der Waals surface area contributed by atoms with E-state index in [0.29, 0.717) is 0 Å². The molecular weight excluding hydrogens is 726 g/mol. The van der Waals surface area contributed by atoms with E-state index in [0.717, 1.165) is 63.5 Å². The van der Waals surface area contributed by atoms with E-state index in [1.165, 1.54) is 36.8 Å².